The molecule has 0 saturated carbocycles. The molecule has 0 N–H and O–H groups in total. The Morgan fingerprint density at radius 1 is 1.60 bits per heavy atom. The summed E-state index contributed by atoms with van der Waals surface area (Å²) in [4.78, 5) is 0. The zero-order valence-corrected chi connectivity index (χ0v) is 7.82. The van der Waals surface area contributed by atoms with Crippen LogP contribution in [0.5, 0.6) is 0 Å². The Morgan fingerprint density at radius 2 is 2.20 bits per heavy atom. The van der Waals surface area contributed by atoms with Gasteiger partial charge in [-0.05, 0) is 6.42 Å². The Labute approximate surface area is 66.0 Å². The molecule has 5 heteroatoms. The Kier molecular flexibility index (Phi) is 5.36. The summed E-state index contributed by atoms with van der Waals surface area (Å²) in [5, 5.41) is 0. The minimum absolute atomic E-state index is 0.394. The molecule has 1 atom stereocenters. The molecular weight excluding hydrogens is 174 g/mol. The molecule has 3 nitrogen and oxygen atoms in total. The van der Waals surface area contributed by atoms with Crippen molar-refractivity contribution in [3.63, 3.8) is 0 Å². The molecular formula is C5H12ClO3P. The van der Waals surface area contributed by atoms with Crippen LogP contribution in [0.2, 0.25) is 0 Å². The largest absolute Gasteiger partial charge is 0.423 e. The molecule has 0 aromatic heterocycles. The van der Waals surface area contributed by atoms with Crippen LogP contribution in [0.4, 0.5) is 0 Å². The fourth-order valence-corrected chi connectivity index (χ4v) is 1.03. The van der Waals surface area contributed by atoms with Gasteiger partial charge in [0.1, 0.15) is 0 Å². The molecule has 0 aromatic carbocycles. The van der Waals surface area contributed by atoms with Gasteiger partial charge in [-0.3, -0.25) is 4.52 Å². The van der Waals surface area contributed by atoms with E-state index in [-0.39, 0.29) is 0 Å². The Balaban J connectivity index is 3.38. The van der Waals surface area contributed by atoms with Gasteiger partial charge in [-0.1, -0.05) is 13.3 Å². The first kappa shape index (κ1) is 10.4. The van der Waals surface area contributed by atoms with Crippen LogP contribution >= 0.6 is 18.2 Å². The first-order valence-corrected chi connectivity index (χ1v) is 5.57. The van der Waals surface area contributed by atoms with Gasteiger partial charge in [0.25, 0.3) is 0 Å². The molecule has 0 spiro atoms. The van der Waals surface area contributed by atoms with E-state index in [2.05, 4.69) is 4.52 Å². The highest BCUT2D eigenvalue weighted by atomic mass is 35.7. The molecule has 10 heavy (non-hydrogen) atoms. The van der Waals surface area contributed by atoms with E-state index < -0.39 is 6.95 Å². The molecule has 0 aliphatic carbocycles. The minimum Gasteiger partial charge on any atom is -0.300 e. The molecule has 0 bridgehead atoms. The van der Waals surface area contributed by atoms with Gasteiger partial charge in [-0.25, -0.2) is 4.57 Å². The van der Waals surface area contributed by atoms with Crippen molar-refractivity contribution in [3.05, 3.63) is 0 Å². The van der Waals surface area contributed by atoms with Crippen LogP contribution in [0.1, 0.15) is 19.8 Å². The van der Waals surface area contributed by atoms with Gasteiger partial charge in [-0.2, -0.15) is 0 Å². The second kappa shape index (κ2) is 5.14. The Bertz CT molecular complexity index is 128. The molecule has 0 aliphatic heterocycles. The highest BCUT2D eigenvalue weighted by molar-refractivity contribution is 7.81. The normalized spacial score (nSPS) is 16.7. The van der Waals surface area contributed by atoms with Gasteiger partial charge in [0.2, 0.25) is 0 Å². The van der Waals surface area contributed by atoms with E-state index in [9.17, 15) is 4.57 Å². The maximum absolute atomic E-state index is 10.8. The average Bonchev–Trinajstić information content (AvgIpc) is 1.89. The Morgan fingerprint density at radius 3 is 2.60 bits per heavy atom. The maximum Gasteiger partial charge on any atom is 0.423 e. The molecule has 0 aliphatic rings. The quantitative estimate of drug-likeness (QED) is 0.489. The van der Waals surface area contributed by atoms with Crippen molar-refractivity contribution < 1.29 is 13.6 Å². The lowest BCUT2D eigenvalue weighted by molar-refractivity contribution is 0.245. The number of rotatable bonds is 5. The van der Waals surface area contributed by atoms with Gasteiger partial charge < -0.3 is 4.52 Å². The Hall–Kier alpha value is 0.440. The van der Waals surface area contributed by atoms with E-state index in [0.717, 1.165) is 12.8 Å². The molecule has 62 valence electrons. The van der Waals surface area contributed by atoms with E-state index in [0.29, 0.717) is 6.61 Å². The number of unbranched alkanes of at least 4 members (excludes halogenated alkanes) is 1. The summed E-state index contributed by atoms with van der Waals surface area (Å²) in [6.07, 6.45) is 1.83. The first-order chi connectivity index (χ1) is 4.62. The SMILES string of the molecule is CCCCOP(=O)(Cl)OC. The monoisotopic (exact) mass is 186 g/mol. The third-order valence-corrected chi connectivity index (χ3v) is 2.60. The molecule has 0 aromatic rings. The lowest BCUT2D eigenvalue weighted by Crippen LogP contribution is -1.89. The van der Waals surface area contributed by atoms with E-state index >= 15 is 0 Å². The molecule has 0 fully saturated rings. The van der Waals surface area contributed by atoms with Crippen molar-refractivity contribution >= 4 is 18.2 Å². The van der Waals surface area contributed by atoms with Gasteiger partial charge in [0, 0.05) is 18.4 Å². The molecule has 0 amide bonds. The molecule has 0 radical (unpaired) electrons. The van der Waals surface area contributed by atoms with Gasteiger partial charge in [0.05, 0.1) is 6.61 Å². The molecule has 1 unspecified atom stereocenters. The summed E-state index contributed by atoms with van der Waals surface area (Å²) in [6.45, 7) is -0.828. The maximum atomic E-state index is 10.8. The lowest BCUT2D eigenvalue weighted by atomic mass is 10.4. The van der Waals surface area contributed by atoms with Crippen molar-refractivity contribution in [2.75, 3.05) is 13.7 Å². The highest BCUT2D eigenvalue weighted by Gasteiger charge is 2.16. The van der Waals surface area contributed by atoms with E-state index in [1.54, 1.807) is 0 Å². The van der Waals surface area contributed by atoms with Crippen molar-refractivity contribution in [1.29, 1.82) is 0 Å². The summed E-state index contributed by atoms with van der Waals surface area (Å²) in [7, 11) is 1.26. The van der Waals surface area contributed by atoms with Gasteiger partial charge in [-0.15, -0.1) is 0 Å². The van der Waals surface area contributed by atoms with Gasteiger partial charge in [0.15, 0.2) is 0 Å². The average molecular weight is 187 g/mol. The van der Waals surface area contributed by atoms with Crippen LogP contribution in [0.3, 0.4) is 0 Å². The topological polar surface area (TPSA) is 35.5 Å². The standard InChI is InChI=1S/C5H12ClO3P/c1-3-4-5-9-10(6,7)8-2/h3-5H2,1-2H3. The van der Waals surface area contributed by atoms with Crippen molar-refractivity contribution in [2.24, 2.45) is 0 Å². The van der Waals surface area contributed by atoms with Crippen LogP contribution in [0.25, 0.3) is 0 Å². The summed E-state index contributed by atoms with van der Waals surface area (Å²) in [5.41, 5.74) is 0. The van der Waals surface area contributed by atoms with E-state index in [4.69, 9.17) is 15.8 Å². The smallest absolute Gasteiger partial charge is 0.300 e. The summed E-state index contributed by atoms with van der Waals surface area (Å²) in [5.74, 6) is 0. The van der Waals surface area contributed by atoms with Crippen LogP contribution in [-0.2, 0) is 13.6 Å². The number of hydrogen-bond donors (Lipinski definition) is 0. The second-order valence-corrected chi connectivity index (χ2v) is 4.53. The predicted octanol–water partition coefficient (Wildman–Crippen LogP) is 2.80. The predicted molar refractivity (Wildman–Crippen MR) is 41.3 cm³/mol. The van der Waals surface area contributed by atoms with E-state index in [1.807, 2.05) is 6.92 Å². The second-order valence-electron chi connectivity index (χ2n) is 1.80. The fourth-order valence-electron chi connectivity index (χ4n) is 0.371. The van der Waals surface area contributed by atoms with Crippen LogP contribution < -0.4 is 0 Å². The third-order valence-electron chi connectivity index (χ3n) is 0.961. The first-order valence-electron chi connectivity index (χ1n) is 3.12. The van der Waals surface area contributed by atoms with Crippen molar-refractivity contribution in [2.45, 2.75) is 19.8 Å². The van der Waals surface area contributed by atoms with Gasteiger partial charge >= 0.3 is 6.95 Å². The van der Waals surface area contributed by atoms with Crippen LogP contribution in [-0.4, -0.2) is 13.7 Å². The van der Waals surface area contributed by atoms with Crippen LogP contribution in [0.15, 0.2) is 0 Å². The molecule has 0 rings (SSSR count). The fraction of sp³-hybridized carbons (Fsp3) is 1.00. The zero-order valence-electron chi connectivity index (χ0n) is 6.17. The van der Waals surface area contributed by atoms with Crippen molar-refractivity contribution in [3.8, 4) is 0 Å². The molecule has 0 saturated heterocycles. The van der Waals surface area contributed by atoms with E-state index in [1.165, 1.54) is 7.11 Å². The van der Waals surface area contributed by atoms with Crippen molar-refractivity contribution in [1.82, 2.24) is 0 Å². The number of halogens is 1. The summed E-state index contributed by atoms with van der Waals surface area (Å²) in [6, 6.07) is 0. The zero-order chi connectivity index (χ0) is 8.04. The lowest BCUT2D eigenvalue weighted by Gasteiger charge is -2.06. The summed E-state index contributed by atoms with van der Waals surface area (Å²) >= 11 is 5.27. The van der Waals surface area contributed by atoms with Crippen LogP contribution in [0, 0.1) is 0 Å². The summed E-state index contributed by atoms with van der Waals surface area (Å²) < 4.78 is 19.9. The highest BCUT2D eigenvalue weighted by Crippen LogP contribution is 2.52. The molecule has 0 heterocycles. The third kappa shape index (κ3) is 5.24. The number of hydrogen-bond acceptors (Lipinski definition) is 3. The minimum atomic E-state index is -3.23.